The quantitative estimate of drug-likeness (QED) is 0.602. The maximum Gasteiger partial charge on any atom is 0.251 e. The van der Waals surface area contributed by atoms with Gasteiger partial charge in [0.2, 0.25) is 0 Å². The summed E-state index contributed by atoms with van der Waals surface area (Å²) in [4.78, 5) is 18.3. The molecule has 4 nitrogen and oxygen atoms in total. The molecule has 1 aromatic heterocycles. The van der Waals surface area contributed by atoms with Crippen LogP contribution in [0.15, 0.2) is 66.0 Å². The first kappa shape index (κ1) is 21.5. The van der Waals surface area contributed by atoms with Crippen molar-refractivity contribution < 1.29 is 13.6 Å². The van der Waals surface area contributed by atoms with E-state index in [1.807, 2.05) is 30.5 Å². The number of anilines is 1. The highest BCUT2D eigenvalue weighted by molar-refractivity contribution is 7.10. The molecule has 7 heteroatoms. The summed E-state index contributed by atoms with van der Waals surface area (Å²) < 4.78 is 27.7. The normalized spacial score (nSPS) is 16.7. The summed E-state index contributed by atoms with van der Waals surface area (Å²) in [6.07, 6.45) is 0. The summed E-state index contributed by atoms with van der Waals surface area (Å²) in [7, 11) is 0. The number of nitrogens with zero attached hydrogens (tertiary/aromatic N) is 2. The summed E-state index contributed by atoms with van der Waals surface area (Å²) in [6, 6.07) is 16.4. The Morgan fingerprint density at radius 2 is 1.77 bits per heavy atom. The highest BCUT2D eigenvalue weighted by Crippen LogP contribution is 2.30. The number of piperazine rings is 1. The number of benzene rings is 2. The number of carbonyl (C=O) groups excluding carboxylic acids is 1. The van der Waals surface area contributed by atoms with E-state index in [1.54, 1.807) is 23.5 Å². The van der Waals surface area contributed by atoms with Crippen molar-refractivity contribution in [1.29, 1.82) is 0 Å². The van der Waals surface area contributed by atoms with Crippen molar-refractivity contribution in [3.8, 4) is 0 Å². The van der Waals surface area contributed by atoms with Gasteiger partial charge in [-0.3, -0.25) is 9.69 Å². The average molecular weight is 442 g/mol. The third kappa shape index (κ3) is 4.94. The predicted molar refractivity (Wildman–Crippen MR) is 121 cm³/mol. The number of para-hydroxylation sites is 1. The summed E-state index contributed by atoms with van der Waals surface area (Å²) in [5.41, 5.74) is 0.934. The molecule has 0 spiro atoms. The fourth-order valence-electron chi connectivity index (χ4n) is 4.15. The molecular formula is C24H25F2N3OS. The van der Waals surface area contributed by atoms with E-state index in [1.165, 1.54) is 24.3 Å². The lowest BCUT2D eigenvalue weighted by Crippen LogP contribution is -2.52. The molecule has 2 unspecified atom stereocenters. The van der Waals surface area contributed by atoms with Crippen LogP contribution >= 0.6 is 11.3 Å². The number of carbonyl (C=O) groups is 1. The molecule has 2 aromatic carbocycles. The molecule has 162 valence electrons. The summed E-state index contributed by atoms with van der Waals surface area (Å²) in [5, 5.41) is 5.07. The molecule has 1 N–H and O–H groups in total. The van der Waals surface area contributed by atoms with Crippen molar-refractivity contribution >= 4 is 22.9 Å². The van der Waals surface area contributed by atoms with Gasteiger partial charge in [0.05, 0.1) is 11.7 Å². The van der Waals surface area contributed by atoms with Gasteiger partial charge in [-0.05, 0) is 48.7 Å². The molecule has 2 atom stereocenters. The second-order valence-electron chi connectivity index (χ2n) is 7.71. The first-order valence-electron chi connectivity index (χ1n) is 10.4. The van der Waals surface area contributed by atoms with E-state index in [0.29, 0.717) is 24.3 Å². The van der Waals surface area contributed by atoms with Crippen LogP contribution in [-0.4, -0.2) is 43.0 Å². The molecule has 0 saturated carbocycles. The highest BCUT2D eigenvalue weighted by atomic mass is 32.1. The van der Waals surface area contributed by atoms with Crippen molar-refractivity contribution in [2.75, 3.05) is 31.1 Å². The fourth-order valence-corrected chi connectivity index (χ4v) is 5.11. The molecule has 0 radical (unpaired) electrons. The number of hydrogen-bond acceptors (Lipinski definition) is 4. The minimum atomic E-state index is -0.431. The summed E-state index contributed by atoms with van der Waals surface area (Å²) in [5.74, 6) is -0.931. The van der Waals surface area contributed by atoms with Crippen LogP contribution in [0.5, 0.6) is 0 Å². The highest BCUT2D eigenvalue weighted by Gasteiger charge is 2.31. The second kappa shape index (κ2) is 9.58. The van der Waals surface area contributed by atoms with Gasteiger partial charge in [0.25, 0.3) is 5.91 Å². The lowest BCUT2D eigenvalue weighted by molar-refractivity contribution is 0.0890. The molecule has 31 heavy (non-hydrogen) atoms. The summed E-state index contributed by atoms with van der Waals surface area (Å²) >= 11 is 1.65. The number of amides is 1. The Morgan fingerprint density at radius 1 is 1.00 bits per heavy atom. The standard InChI is InChI=1S/C24H25F2N3OS/c1-17(27-24(30)18-6-4-7-19(25)16-18)23(22-10-5-15-31-22)29-13-11-28(12-14-29)21-9-3-2-8-20(21)26/h2-10,15-17,23H,11-14H2,1H3,(H,27,30). The van der Waals surface area contributed by atoms with Crippen LogP contribution in [0.4, 0.5) is 14.5 Å². The minimum absolute atomic E-state index is 0.0136. The molecule has 1 amide bonds. The van der Waals surface area contributed by atoms with Gasteiger partial charge in [0.15, 0.2) is 0 Å². The van der Waals surface area contributed by atoms with Gasteiger partial charge in [-0.1, -0.05) is 24.3 Å². The summed E-state index contributed by atoms with van der Waals surface area (Å²) in [6.45, 7) is 4.87. The zero-order chi connectivity index (χ0) is 21.8. The van der Waals surface area contributed by atoms with E-state index in [9.17, 15) is 13.6 Å². The van der Waals surface area contributed by atoms with Gasteiger partial charge in [-0.2, -0.15) is 0 Å². The Bertz CT molecular complexity index is 1020. The third-order valence-electron chi connectivity index (χ3n) is 5.65. The number of hydrogen-bond donors (Lipinski definition) is 1. The van der Waals surface area contributed by atoms with E-state index in [0.717, 1.165) is 18.0 Å². The minimum Gasteiger partial charge on any atom is -0.367 e. The van der Waals surface area contributed by atoms with Gasteiger partial charge < -0.3 is 10.2 Å². The van der Waals surface area contributed by atoms with E-state index >= 15 is 0 Å². The first-order chi connectivity index (χ1) is 15.0. The largest absolute Gasteiger partial charge is 0.367 e. The topological polar surface area (TPSA) is 35.6 Å². The van der Waals surface area contributed by atoms with E-state index < -0.39 is 5.82 Å². The van der Waals surface area contributed by atoms with E-state index in [2.05, 4.69) is 21.2 Å². The Hall–Kier alpha value is -2.77. The predicted octanol–water partition coefficient (Wildman–Crippen LogP) is 4.71. The Labute approximate surface area is 185 Å². The molecule has 0 aliphatic carbocycles. The van der Waals surface area contributed by atoms with Crippen LogP contribution in [0.2, 0.25) is 0 Å². The van der Waals surface area contributed by atoms with E-state index in [-0.39, 0.29) is 23.8 Å². The monoisotopic (exact) mass is 441 g/mol. The maximum absolute atomic E-state index is 14.2. The van der Waals surface area contributed by atoms with Gasteiger partial charge in [0.1, 0.15) is 11.6 Å². The maximum atomic E-state index is 14.2. The van der Waals surface area contributed by atoms with Crippen molar-refractivity contribution in [3.05, 3.63) is 88.1 Å². The van der Waals surface area contributed by atoms with Crippen LogP contribution in [0.3, 0.4) is 0 Å². The fraction of sp³-hybridized carbons (Fsp3) is 0.292. The smallest absolute Gasteiger partial charge is 0.251 e. The Morgan fingerprint density at radius 3 is 2.45 bits per heavy atom. The zero-order valence-corrected chi connectivity index (χ0v) is 18.1. The molecule has 0 bridgehead atoms. The molecule has 2 heterocycles. The van der Waals surface area contributed by atoms with Gasteiger partial charge in [-0.25, -0.2) is 8.78 Å². The van der Waals surface area contributed by atoms with E-state index in [4.69, 9.17) is 0 Å². The molecule has 1 aliphatic heterocycles. The number of halogens is 2. The van der Waals surface area contributed by atoms with Crippen molar-refractivity contribution in [1.82, 2.24) is 10.2 Å². The third-order valence-corrected chi connectivity index (χ3v) is 6.60. The Kier molecular flexibility index (Phi) is 6.63. The molecule has 1 saturated heterocycles. The Balaban J connectivity index is 1.47. The van der Waals surface area contributed by atoms with Gasteiger partial charge >= 0.3 is 0 Å². The molecule has 3 aromatic rings. The van der Waals surface area contributed by atoms with Crippen molar-refractivity contribution in [2.45, 2.75) is 19.0 Å². The lowest BCUT2D eigenvalue weighted by atomic mass is 10.0. The van der Waals surface area contributed by atoms with Crippen LogP contribution in [-0.2, 0) is 0 Å². The molecular weight excluding hydrogens is 416 g/mol. The van der Waals surface area contributed by atoms with Crippen molar-refractivity contribution in [2.24, 2.45) is 0 Å². The van der Waals surface area contributed by atoms with Crippen LogP contribution in [0.1, 0.15) is 28.2 Å². The molecule has 1 fully saturated rings. The first-order valence-corrected chi connectivity index (χ1v) is 11.2. The average Bonchev–Trinajstić information content (AvgIpc) is 3.29. The van der Waals surface area contributed by atoms with Crippen LogP contribution < -0.4 is 10.2 Å². The van der Waals surface area contributed by atoms with Gasteiger partial charge in [-0.15, -0.1) is 11.3 Å². The zero-order valence-electron chi connectivity index (χ0n) is 17.3. The van der Waals surface area contributed by atoms with Crippen molar-refractivity contribution in [3.63, 3.8) is 0 Å². The lowest BCUT2D eigenvalue weighted by Gasteiger charge is -2.42. The van der Waals surface area contributed by atoms with Gasteiger partial charge in [0, 0.05) is 42.7 Å². The molecule has 4 rings (SSSR count). The van der Waals surface area contributed by atoms with Crippen LogP contribution in [0, 0.1) is 11.6 Å². The second-order valence-corrected chi connectivity index (χ2v) is 8.69. The number of nitrogens with one attached hydrogen (secondary N) is 1. The number of thiophene rings is 1. The van der Waals surface area contributed by atoms with Crippen LogP contribution in [0.25, 0.3) is 0 Å². The SMILES string of the molecule is CC(NC(=O)c1cccc(F)c1)C(c1cccs1)N1CCN(c2ccccc2F)CC1. The number of rotatable bonds is 6. The molecule has 1 aliphatic rings.